The van der Waals surface area contributed by atoms with Gasteiger partial charge in [0.25, 0.3) is 5.91 Å². The van der Waals surface area contributed by atoms with Crippen LogP contribution in [-0.2, 0) is 4.79 Å². The Labute approximate surface area is 115 Å². The van der Waals surface area contributed by atoms with Gasteiger partial charge in [0.05, 0.1) is 13.7 Å². The van der Waals surface area contributed by atoms with Crippen LogP contribution in [0.4, 0.5) is 4.39 Å². The first kappa shape index (κ1) is 15.7. The number of methoxy groups -OCH3 is 1. The highest BCUT2D eigenvalue weighted by molar-refractivity contribution is 5.97. The number of hydrogen-bond donors (Lipinski definition) is 2. The lowest BCUT2D eigenvalue weighted by molar-refractivity contribution is -0.139. The summed E-state index contributed by atoms with van der Waals surface area (Å²) in [5, 5.41) is 10.8. The monoisotopic (exact) mass is 285 g/mol. The van der Waals surface area contributed by atoms with Crippen LogP contribution < -0.4 is 14.8 Å². The topological polar surface area (TPSA) is 84.9 Å². The smallest absolute Gasteiger partial charge is 0.328 e. The minimum Gasteiger partial charge on any atom is -0.493 e. The zero-order valence-electron chi connectivity index (χ0n) is 11.2. The Kier molecular flexibility index (Phi) is 5.76. The second kappa shape index (κ2) is 7.32. The molecule has 0 aliphatic carbocycles. The maximum atomic E-state index is 12.5. The van der Waals surface area contributed by atoms with Gasteiger partial charge < -0.3 is 19.9 Å². The predicted molar refractivity (Wildman–Crippen MR) is 69.0 cm³/mol. The normalized spacial score (nSPS) is 11.6. The third-order valence-electron chi connectivity index (χ3n) is 2.48. The standard InChI is InChI=1S/C13H16FNO5/c1-3-20-10-5-4-8(6-11(10)19-2)12(16)15-9(7-14)13(17)18/h4-6,9H,3,7H2,1-2H3,(H,15,16)(H,17,18). The summed E-state index contributed by atoms with van der Waals surface area (Å²) in [6.07, 6.45) is 0. The number of carbonyl (C=O) groups is 2. The first-order valence-corrected chi connectivity index (χ1v) is 5.94. The molecule has 1 atom stereocenters. The molecule has 0 spiro atoms. The molecule has 0 saturated carbocycles. The molecule has 6 nitrogen and oxygen atoms in total. The zero-order valence-corrected chi connectivity index (χ0v) is 11.2. The summed E-state index contributed by atoms with van der Waals surface area (Å²) in [6, 6.07) is 2.81. The van der Waals surface area contributed by atoms with Gasteiger partial charge in [-0.2, -0.15) is 0 Å². The number of alkyl halides is 1. The van der Waals surface area contributed by atoms with Crippen LogP contribution in [0.2, 0.25) is 0 Å². The van der Waals surface area contributed by atoms with Crippen LogP contribution in [0.1, 0.15) is 17.3 Å². The van der Waals surface area contributed by atoms with E-state index in [1.807, 2.05) is 0 Å². The van der Waals surface area contributed by atoms with E-state index in [9.17, 15) is 14.0 Å². The Balaban J connectivity index is 2.91. The van der Waals surface area contributed by atoms with E-state index < -0.39 is 24.6 Å². The molecule has 7 heteroatoms. The fraction of sp³-hybridized carbons (Fsp3) is 0.385. The Morgan fingerprint density at radius 3 is 2.60 bits per heavy atom. The highest BCUT2D eigenvalue weighted by Gasteiger charge is 2.21. The molecule has 0 aliphatic heterocycles. The average Bonchev–Trinajstić information content (AvgIpc) is 2.44. The summed E-state index contributed by atoms with van der Waals surface area (Å²) in [7, 11) is 1.42. The van der Waals surface area contributed by atoms with Crippen molar-refractivity contribution in [2.24, 2.45) is 0 Å². The van der Waals surface area contributed by atoms with Crippen molar-refractivity contribution in [2.75, 3.05) is 20.4 Å². The Bertz CT molecular complexity index is 492. The van der Waals surface area contributed by atoms with Crippen molar-refractivity contribution in [1.82, 2.24) is 5.32 Å². The van der Waals surface area contributed by atoms with E-state index in [1.165, 1.54) is 25.3 Å². The molecule has 2 N–H and O–H groups in total. The van der Waals surface area contributed by atoms with Crippen molar-refractivity contribution in [1.29, 1.82) is 0 Å². The second-order valence-corrected chi connectivity index (χ2v) is 3.82. The number of carboxylic acids is 1. The number of halogens is 1. The number of carboxylic acid groups (broad SMARTS) is 1. The third kappa shape index (κ3) is 3.84. The van der Waals surface area contributed by atoms with Crippen LogP contribution in [0, 0.1) is 0 Å². The zero-order chi connectivity index (χ0) is 15.1. The molecule has 0 bridgehead atoms. The summed E-state index contributed by atoms with van der Waals surface area (Å²) < 4.78 is 22.8. The van der Waals surface area contributed by atoms with E-state index in [4.69, 9.17) is 14.6 Å². The Morgan fingerprint density at radius 1 is 1.40 bits per heavy atom. The highest BCUT2D eigenvalue weighted by atomic mass is 19.1. The molecule has 1 aromatic rings. The number of hydrogen-bond acceptors (Lipinski definition) is 4. The lowest BCUT2D eigenvalue weighted by atomic mass is 10.1. The molecule has 0 fully saturated rings. The van der Waals surface area contributed by atoms with Gasteiger partial charge in [0.1, 0.15) is 6.67 Å². The number of amides is 1. The number of nitrogens with one attached hydrogen (secondary N) is 1. The van der Waals surface area contributed by atoms with E-state index in [0.29, 0.717) is 18.1 Å². The highest BCUT2D eigenvalue weighted by Crippen LogP contribution is 2.27. The van der Waals surface area contributed by atoms with E-state index in [-0.39, 0.29) is 5.56 Å². The fourth-order valence-corrected chi connectivity index (χ4v) is 1.49. The van der Waals surface area contributed by atoms with E-state index in [2.05, 4.69) is 5.32 Å². The van der Waals surface area contributed by atoms with Gasteiger partial charge in [0.15, 0.2) is 17.5 Å². The number of benzene rings is 1. The molecule has 20 heavy (non-hydrogen) atoms. The van der Waals surface area contributed by atoms with Gasteiger partial charge in [-0.15, -0.1) is 0 Å². The van der Waals surface area contributed by atoms with Crippen molar-refractivity contribution < 1.29 is 28.6 Å². The average molecular weight is 285 g/mol. The van der Waals surface area contributed by atoms with Crippen LogP contribution in [0.15, 0.2) is 18.2 Å². The van der Waals surface area contributed by atoms with E-state index >= 15 is 0 Å². The van der Waals surface area contributed by atoms with Gasteiger partial charge >= 0.3 is 5.97 Å². The molecular weight excluding hydrogens is 269 g/mol. The summed E-state index contributed by atoms with van der Waals surface area (Å²) in [4.78, 5) is 22.5. The van der Waals surface area contributed by atoms with Gasteiger partial charge in [-0.25, -0.2) is 9.18 Å². The molecule has 0 radical (unpaired) electrons. The molecule has 1 aromatic carbocycles. The van der Waals surface area contributed by atoms with E-state index in [0.717, 1.165) is 0 Å². The van der Waals surface area contributed by atoms with Crippen LogP contribution in [0.25, 0.3) is 0 Å². The molecule has 0 aliphatic rings. The summed E-state index contributed by atoms with van der Waals surface area (Å²) in [6.45, 7) is 1.05. The first-order valence-electron chi connectivity index (χ1n) is 5.94. The summed E-state index contributed by atoms with van der Waals surface area (Å²) >= 11 is 0. The predicted octanol–water partition coefficient (Wildman–Crippen LogP) is 1.25. The Hall–Kier alpha value is -2.31. The minimum absolute atomic E-state index is 0.157. The van der Waals surface area contributed by atoms with Crippen molar-refractivity contribution >= 4 is 11.9 Å². The molecule has 1 rings (SSSR count). The number of rotatable bonds is 7. The van der Waals surface area contributed by atoms with Gasteiger partial charge in [-0.1, -0.05) is 0 Å². The van der Waals surface area contributed by atoms with Gasteiger partial charge in [0.2, 0.25) is 0 Å². The van der Waals surface area contributed by atoms with Crippen LogP contribution >= 0.6 is 0 Å². The lowest BCUT2D eigenvalue weighted by Crippen LogP contribution is -2.42. The molecule has 1 amide bonds. The van der Waals surface area contributed by atoms with Crippen LogP contribution in [0.3, 0.4) is 0 Å². The van der Waals surface area contributed by atoms with Crippen molar-refractivity contribution in [3.63, 3.8) is 0 Å². The molecule has 0 saturated heterocycles. The molecular formula is C13H16FNO5. The number of aliphatic carboxylic acids is 1. The summed E-state index contributed by atoms with van der Waals surface area (Å²) in [5.74, 6) is -1.33. The van der Waals surface area contributed by atoms with Crippen LogP contribution in [0.5, 0.6) is 11.5 Å². The lowest BCUT2D eigenvalue weighted by Gasteiger charge is -2.13. The first-order chi connectivity index (χ1) is 9.53. The molecule has 0 aromatic heterocycles. The maximum absolute atomic E-state index is 12.5. The van der Waals surface area contributed by atoms with E-state index in [1.54, 1.807) is 6.92 Å². The third-order valence-corrected chi connectivity index (χ3v) is 2.48. The van der Waals surface area contributed by atoms with Gasteiger partial charge in [-0.05, 0) is 25.1 Å². The number of carbonyl (C=O) groups excluding carboxylic acids is 1. The fourth-order valence-electron chi connectivity index (χ4n) is 1.49. The minimum atomic E-state index is -1.57. The SMILES string of the molecule is CCOc1ccc(C(=O)NC(CF)C(=O)O)cc1OC. The van der Waals surface area contributed by atoms with Gasteiger partial charge in [-0.3, -0.25) is 4.79 Å². The van der Waals surface area contributed by atoms with Crippen molar-refractivity contribution in [3.8, 4) is 11.5 Å². The molecule has 0 heterocycles. The largest absolute Gasteiger partial charge is 0.493 e. The van der Waals surface area contributed by atoms with Crippen molar-refractivity contribution in [2.45, 2.75) is 13.0 Å². The second-order valence-electron chi connectivity index (χ2n) is 3.82. The number of ether oxygens (including phenoxy) is 2. The van der Waals surface area contributed by atoms with Crippen LogP contribution in [-0.4, -0.2) is 43.4 Å². The molecule has 1 unspecified atom stereocenters. The maximum Gasteiger partial charge on any atom is 0.328 e. The molecule has 110 valence electrons. The quantitative estimate of drug-likeness (QED) is 0.787. The van der Waals surface area contributed by atoms with Gasteiger partial charge in [0, 0.05) is 5.56 Å². The summed E-state index contributed by atoms with van der Waals surface area (Å²) in [5.41, 5.74) is 0.157. The Morgan fingerprint density at radius 2 is 2.10 bits per heavy atom. The van der Waals surface area contributed by atoms with Crippen molar-refractivity contribution in [3.05, 3.63) is 23.8 Å².